The van der Waals surface area contributed by atoms with Crippen molar-refractivity contribution in [2.24, 2.45) is 0 Å². The molecule has 0 aliphatic rings. The zero-order valence-corrected chi connectivity index (χ0v) is 15.3. The summed E-state index contributed by atoms with van der Waals surface area (Å²) in [5, 5.41) is 2.63. The predicted octanol–water partition coefficient (Wildman–Crippen LogP) is 3.77. The first-order valence-electron chi connectivity index (χ1n) is 8.49. The fourth-order valence-corrected chi connectivity index (χ4v) is 2.63. The van der Waals surface area contributed by atoms with Crippen LogP contribution in [0.3, 0.4) is 0 Å². The standard InChI is InChI=1S/C19H20F2N4O2/c1-19(2,3)27-18(26)23-10-8-16-24-14-7-6-12(20)11-15(14)25(16)17-13(21)5-4-9-22-17/h4-7,9,11H,8,10H2,1-3H3,(H,23,26). The Morgan fingerprint density at radius 3 is 2.74 bits per heavy atom. The van der Waals surface area contributed by atoms with Crippen LogP contribution in [0.2, 0.25) is 0 Å². The van der Waals surface area contributed by atoms with Crippen LogP contribution in [-0.2, 0) is 11.2 Å². The topological polar surface area (TPSA) is 69.0 Å². The number of halogens is 2. The van der Waals surface area contributed by atoms with Gasteiger partial charge in [-0.2, -0.15) is 0 Å². The van der Waals surface area contributed by atoms with Gasteiger partial charge in [0.25, 0.3) is 0 Å². The van der Waals surface area contributed by atoms with Crippen molar-refractivity contribution in [1.29, 1.82) is 0 Å². The predicted molar refractivity (Wildman–Crippen MR) is 96.7 cm³/mol. The Balaban J connectivity index is 1.90. The summed E-state index contributed by atoms with van der Waals surface area (Å²) in [6.07, 6.45) is 1.18. The average molecular weight is 374 g/mol. The lowest BCUT2D eigenvalue weighted by Crippen LogP contribution is -2.33. The highest BCUT2D eigenvalue weighted by molar-refractivity contribution is 5.78. The number of hydrogen-bond donors (Lipinski definition) is 1. The van der Waals surface area contributed by atoms with Crippen LogP contribution in [0.4, 0.5) is 13.6 Å². The number of pyridine rings is 1. The lowest BCUT2D eigenvalue weighted by Gasteiger charge is -2.19. The summed E-state index contributed by atoms with van der Waals surface area (Å²) in [6.45, 7) is 5.52. The number of fused-ring (bicyclic) bond motifs is 1. The molecule has 3 aromatic rings. The van der Waals surface area contributed by atoms with E-state index in [4.69, 9.17) is 4.74 Å². The second-order valence-corrected chi connectivity index (χ2v) is 6.98. The highest BCUT2D eigenvalue weighted by atomic mass is 19.1. The van der Waals surface area contributed by atoms with E-state index in [-0.39, 0.29) is 18.8 Å². The van der Waals surface area contributed by atoms with Crippen molar-refractivity contribution in [2.45, 2.75) is 32.8 Å². The van der Waals surface area contributed by atoms with Crippen molar-refractivity contribution in [2.75, 3.05) is 6.54 Å². The first-order valence-corrected chi connectivity index (χ1v) is 8.49. The minimum absolute atomic E-state index is 0.0258. The molecule has 142 valence electrons. The van der Waals surface area contributed by atoms with Gasteiger partial charge in [0.05, 0.1) is 11.0 Å². The molecule has 0 aliphatic carbocycles. The quantitative estimate of drug-likeness (QED) is 0.755. The van der Waals surface area contributed by atoms with Gasteiger partial charge in [-0.15, -0.1) is 0 Å². The van der Waals surface area contributed by atoms with Crippen LogP contribution in [0.1, 0.15) is 26.6 Å². The highest BCUT2D eigenvalue weighted by Gasteiger charge is 2.18. The third kappa shape index (κ3) is 4.39. The molecule has 0 fully saturated rings. The molecule has 1 amide bonds. The molecule has 0 radical (unpaired) electrons. The van der Waals surface area contributed by atoms with Gasteiger partial charge in [-0.3, -0.25) is 4.57 Å². The molecule has 0 saturated heterocycles. The van der Waals surface area contributed by atoms with E-state index in [0.717, 1.165) is 0 Å². The third-order valence-corrected chi connectivity index (χ3v) is 3.65. The van der Waals surface area contributed by atoms with E-state index in [9.17, 15) is 13.6 Å². The summed E-state index contributed by atoms with van der Waals surface area (Å²) >= 11 is 0. The molecule has 0 aliphatic heterocycles. The number of nitrogens with one attached hydrogen (secondary N) is 1. The van der Waals surface area contributed by atoms with Crippen molar-refractivity contribution in [3.8, 4) is 5.82 Å². The van der Waals surface area contributed by atoms with E-state index in [1.807, 2.05) is 0 Å². The summed E-state index contributed by atoms with van der Waals surface area (Å²) in [5.74, 6) is -0.539. The smallest absolute Gasteiger partial charge is 0.407 e. The van der Waals surface area contributed by atoms with Crippen molar-refractivity contribution in [1.82, 2.24) is 19.9 Å². The number of carbonyl (C=O) groups excluding carboxylic acids is 1. The van der Waals surface area contributed by atoms with Crippen molar-refractivity contribution < 1.29 is 18.3 Å². The van der Waals surface area contributed by atoms with Crippen LogP contribution in [-0.4, -0.2) is 32.8 Å². The molecule has 3 rings (SSSR count). The molecule has 6 nitrogen and oxygen atoms in total. The molecular formula is C19H20F2N4O2. The molecule has 27 heavy (non-hydrogen) atoms. The maximum absolute atomic E-state index is 14.3. The summed E-state index contributed by atoms with van der Waals surface area (Å²) in [5.41, 5.74) is 0.305. The van der Waals surface area contributed by atoms with Crippen molar-refractivity contribution in [3.63, 3.8) is 0 Å². The molecular weight excluding hydrogens is 354 g/mol. The largest absolute Gasteiger partial charge is 0.444 e. The van der Waals surface area contributed by atoms with E-state index < -0.39 is 23.3 Å². The van der Waals surface area contributed by atoms with E-state index in [1.165, 1.54) is 41.1 Å². The Hall–Kier alpha value is -3.03. The SMILES string of the molecule is CC(C)(C)OC(=O)NCCc1nc2ccc(F)cc2n1-c1ncccc1F. The van der Waals surface area contributed by atoms with Gasteiger partial charge in [-0.25, -0.2) is 23.5 Å². The van der Waals surface area contributed by atoms with Gasteiger partial charge in [-0.1, -0.05) is 0 Å². The van der Waals surface area contributed by atoms with Crippen LogP contribution in [0, 0.1) is 11.6 Å². The first-order chi connectivity index (χ1) is 12.7. The second-order valence-electron chi connectivity index (χ2n) is 6.98. The number of carbonyl (C=O) groups is 1. The molecule has 0 bridgehead atoms. The van der Waals surface area contributed by atoms with Crippen LogP contribution in [0.15, 0.2) is 36.5 Å². The van der Waals surface area contributed by atoms with Gasteiger partial charge >= 0.3 is 6.09 Å². The highest BCUT2D eigenvalue weighted by Crippen LogP contribution is 2.23. The van der Waals surface area contributed by atoms with Crippen LogP contribution >= 0.6 is 0 Å². The fourth-order valence-electron chi connectivity index (χ4n) is 2.63. The fraction of sp³-hybridized carbons (Fsp3) is 0.316. The number of benzene rings is 1. The molecule has 1 N–H and O–H groups in total. The maximum atomic E-state index is 14.3. The van der Waals surface area contributed by atoms with Crippen LogP contribution in [0.25, 0.3) is 16.9 Å². The zero-order chi connectivity index (χ0) is 19.6. The number of ether oxygens (including phenoxy) is 1. The van der Waals surface area contributed by atoms with Gasteiger partial charge < -0.3 is 10.1 Å². The van der Waals surface area contributed by atoms with Crippen LogP contribution < -0.4 is 5.32 Å². The minimum atomic E-state index is -0.605. The normalized spacial score (nSPS) is 11.6. The Morgan fingerprint density at radius 2 is 2.04 bits per heavy atom. The minimum Gasteiger partial charge on any atom is -0.444 e. The number of imidazole rings is 1. The number of hydrogen-bond acceptors (Lipinski definition) is 4. The number of aromatic nitrogens is 3. The summed E-state index contributed by atoms with van der Waals surface area (Å²) in [6, 6.07) is 6.84. The molecule has 0 spiro atoms. The van der Waals surface area contributed by atoms with Gasteiger partial charge in [-0.05, 0) is 45.0 Å². The zero-order valence-electron chi connectivity index (χ0n) is 15.3. The molecule has 1 aromatic carbocycles. The van der Waals surface area contributed by atoms with E-state index in [0.29, 0.717) is 16.9 Å². The van der Waals surface area contributed by atoms with E-state index >= 15 is 0 Å². The Bertz CT molecular complexity index is 979. The molecule has 2 heterocycles. The van der Waals surface area contributed by atoms with Gasteiger partial charge in [0, 0.05) is 25.2 Å². The number of rotatable bonds is 4. The van der Waals surface area contributed by atoms with Crippen molar-refractivity contribution in [3.05, 3.63) is 54.0 Å². The Labute approximate surface area is 155 Å². The first kappa shape index (κ1) is 18.8. The Kier molecular flexibility index (Phi) is 5.07. The summed E-state index contributed by atoms with van der Waals surface area (Å²) in [4.78, 5) is 20.3. The lowest BCUT2D eigenvalue weighted by atomic mass is 10.2. The molecule has 0 unspecified atom stereocenters. The van der Waals surface area contributed by atoms with Gasteiger partial charge in [0.1, 0.15) is 17.2 Å². The van der Waals surface area contributed by atoms with E-state index in [2.05, 4.69) is 15.3 Å². The average Bonchev–Trinajstić information content (AvgIpc) is 2.91. The number of amides is 1. The number of nitrogens with zero attached hydrogens (tertiary/aromatic N) is 3. The second kappa shape index (κ2) is 7.30. The van der Waals surface area contributed by atoms with Gasteiger partial charge in [0.15, 0.2) is 11.6 Å². The van der Waals surface area contributed by atoms with Crippen molar-refractivity contribution >= 4 is 17.1 Å². The summed E-state index contributed by atoms with van der Waals surface area (Å²) in [7, 11) is 0. The number of alkyl carbamates (subject to hydrolysis) is 1. The molecule has 0 saturated carbocycles. The third-order valence-electron chi connectivity index (χ3n) is 3.65. The van der Waals surface area contributed by atoms with E-state index in [1.54, 1.807) is 20.8 Å². The van der Waals surface area contributed by atoms with Gasteiger partial charge in [0.2, 0.25) is 0 Å². The lowest BCUT2D eigenvalue weighted by molar-refractivity contribution is 0.0528. The Morgan fingerprint density at radius 1 is 1.26 bits per heavy atom. The molecule has 2 aromatic heterocycles. The molecule has 8 heteroatoms. The molecule has 0 atom stereocenters. The van der Waals surface area contributed by atoms with Crippen LogP contribution in [0.5, 0.6) is 0 Å². The summed E-state index contributed by atoms with van der Waals surface area (Å²) < 4.78 is 34.7. The maximum Gasteiger partial charge on any atom is 0.407 e. The monoisotopic (exact) mass is 374 g/mol.